The van der Waals surface area contributed by atoms with Crippen molar-refractivity contribution in [1.82, 2.24) is 4.31 Å². The predicted molar refractivity (Wildman–Crippen MR) is 107 cm³/mol. The van der Waals surface area contributed by atoms with Gasteiger partial charge in [-0.2, -0.15) is 4.31 Å². The van der Waals surface area contributed by atoms with Crippen molar-refractivity contribution in [3.05, 3.63) is 59.7 Å². The van der Waals surface area contributed by atoms with Gasteiger partial charge in [0, 0.05) is 25.2 Å². The van der Waals surface area contributed by atoms with E-state index in [-0.39, 0.29) is 5.91 Å². The van der Waals surface area contributed by atoms with Gasteiger partial charge in [0.1, 0.15) is 0 Å². The van der Waals surface area contributed by atoms with Gasteiger partial charge < -0.3 is 5.32 Å². The fourth-order valence-corrected chi connectivity index (χ4v) is 4.73. The molecule has 1 heterocycles. The van der Waals surface area contributed by atoms with Gasteiger partial charge in [-0.3, -0.25) is 4.79 Å². The first-order valence-corrected chi connectivity index (χ1v) is 10.9. The molecule has 0 unspecified atom stereocenters. The van der Waals surface area contributed by atoms with E-state index in [0.717, 1.165) is 30.5 Å². The molecule has 1 N–H and O–H groups in total. The lowest BCUT2D eigenvalue weighted by Crippen LogP contribution is -2.27. The van der Waals surface area contributed by atoms with Crippen LogP contribution in [0.3, 0.4) is 0 Å². The molecule has 0 aliphatic carbocycles. The average molecular weight is 387 g/mol. The largest absolute Gasteiger partial charge is 0.326 e. The highest BCUT2D eigenvalue weighted by molar-refractivity contribution is 7.89. The third-order valence-electron chi connectivity index (χ3n) is 4.91. The number of hydrogen-bond acceptors (Lipinski definition) is 3. The lowest BCUT2D eigenvalue weighted by Gasteiger charge is -2.15. The molecule has 0 radical (unpaired) electrons. The van der Waals surface area contributed by atoms with Crippen molar-refractivity contribution in [2.75, 3.05) is 18.4 Å². The van der Waals surface area contributed by atoms with E-state index >= 15 is 0 Å². The molecule has 0 saturated carbocycles. The van der Waals surface area contributed by atoms with Crippen LogP contribution < -0.4 is 5.32 Å². The Balaban J connectivity index is 1.54. The molecule has 1 fully saturated rings. The van der Waals surface area contributed by atoms with Crippen LogP contribution >= 0.6 is 0 Å². The normalized spacial score (nSPS) is 15.0. The number of sulfonamides is 1. The molecule has 2 aromatic carbocycles. The summed E-state index contributed by atoms with van der Waals surface area (Å²) in [5.41, 5.74) is 2.98. The smallest absolute Gasteiger partial charge is 0.243 e. The first-order chi connectivity index (χ1) is 13.0. The lowest BCUT2D eigenvalue weighted by molar-refractivity contribution is -0.116. The molecular weight excluding hydrogens is 360 g/mol. The van der Waals surface area contributed by atoms with E-state index in [1.54, 1.807) is 28.6 Å². The number of benzene rings is 2. The molecule has 27 heavy (non-hydrogen) atoms. The SMILES string of the molecule is CCc1ccc(NC(=O)CCc2ccc(S(=O)(=O)N3CCCC3)cc2)cc1. The van der Waals surface area contributed by atoms with Gasteiger partial charge in [0.15, 0.2) is 0 Å². The average Bonchev–Trinajstić information content (AvgIpc) is 3.23. The topological polar surface area (TPSA) is 66.5 Å². The molecule has 6 heteroatoms. The van der Waals surface area contributed by atoms with Crippen molar-refractivity contribution >= 4 is 21.6 Å². The summed E-state index contributed by atoms with van der Waals surface area (Å²) in [6.45, 7) is 3.29. The van der Waals surface area contributed by atoms with Crippen molar-refractivity contribution in [3.8, 4) is 0 Å². The Labute approximate surface area is 161 Å². The first-order valence-electron chi connectivity index (χ1n) is 9.47. The van der Waals surface area contributed by atoms with E-state index in [9.17, 15) is 13.2 Å². The number of nitrogens with one attached hydrogen (secondary N) is 1. The van der Waals surface area contributed by atoms with Gasteiger partial charge in [0.05, 0.1) is 4.90 Å². The second-order valence-electron chi connectivity index (χ2n) is 6.85. The summed E-state index contributed by atoms with van der Waals surface area (Å²) in [7, 11) is -3.38. The quantitative estimate of drug-likeness (QED) is 0.791. The Bertz CT molecular complexity index is 869. The van der Waals surface area contributed by atoms with Gasteiger partial charge in [0.25, 0.3) is 0 Å². The van der Waals surface area contributed by atoms with Gasteiger partial charge in [-0.15, -0.1) is 0 Å². The maximum atomic E-state index is 12.5. The number of carbonyl (C=O) groups excluding carboxylic acids is 1. The van der Waals surface area contributed by atoms with E-state index in [4.69, 9.17) is 0 Å². The van der Waals surface area contributed by atoms with Crippen LogP contribution in [-0.4, -0.2) is 31.7 Å². The van der Waals surface area contributed by atoms with Crippen LogP contribution in [-0.2, 0) is 27.7 Å². The molecule has 0 bridgehead atoms. The summed E-state index contributed by atoms with van der Waals surface area (Å²) >= 11 is 0. The van der Waals surface area contributed by atoms with E-state index < -0.39 is 10.0 Å². The fraction of sp³-hybridized carbons (Fsp3) is 0.381. The van der Waals surface area contributed by atoms with Crippen molar-refractivity contribution < 1.29 is 13.2 Å². The maximum absolute atomic E-state index is 12.5. The van der Waals surface area contributed by atoms with Crippen LogP contribution in [0, 0.1) is 0 Å². The van der Waals surface area contributed by atoms with E-state index in [1.807, 2.05) is 24.3 Å². The second kappa shape index (κ2) is 8.67. The second-order valence-corrected chi connectivity index (χ2v) is 8.79. The third-order valence-corrected chi connectivity index (χ3v) is 6.83. The van der Waals surface area contributed by atoms with E-state index in [0.29, 0.717) is 30.8 Å². The molecule has 1 saturated heterocycles. The minimum Gasteiger partial charge on any atom is -0.326 e. The molecule has 0 atom stereocenters. The monoisotopic (exact) mass is 386 g/mol. The predicted octanol–water partition coefficient (Wildman–Crippen LogP) is 3.60. The van der Waals surface area contributed by atoms with Gasteiger partial charge in [0.2, 0.25) is 15.9 Å². The van der Waals surface area contributed by atoms with Crippen molar-refractivity contribution in [2.24, 2.45) is 0 Å². The molecule has 3 rings (SSSR count). The highest BCUT2D eigenvalue weighted by Gasteiger charge is 2.26. The molecule has 0 aromatic heterocycles. The summed E-state index contributed by atoms with van der Waals surface area (Å²) in [6, 6.07) is 14.7. The number of aryl methyl sites for hydroxylation is 2. The standard InChI is InChI=1S/C21H26N2O3S/c1-2-17-5-10-19(11-6-17)22-21(24)14-9-18-7-12-20(13-8-18)27(25,26)23-15-3-4-16-23/h5-8,10-13H,2-4,9,14-16H2,1H3,(H,22,24). The number of rotatable bonds is 7. The van der Waals surface area contributed by atoms with Gasteiger partial charge in [-0.05, 0) is 61.1 Å². The van der Waals surface area contributed by atoms with Gasteiger partial charge >= 0.3 is 0 Å². The molecule has 1 aliphatic rings. The Morgan fingerprint density at radius 2 is 1.56 bits per heavy atom. The van der Waals surface area contributed by atoms with Crippen molar-refractivity contribution in [3.63, 3.8) is 0 Å². The zero-order chi connectivity index (χ0) is 19.3. The molecule has 1 aliphatic heterocycles. The van der Waals surface area contributed by atoms with E-state index in [2.05, 4.69) is 12.2 Å². The Morgan fingerprint density at radius 3 is 2.15 bits per heavy atom. The van der Waals surface area contributed by atoms with E-state index in [1.165, 1.54) is 5.56 Å². The zero-order valence-electron chi connectivity index (χ0n) is 15.6. The molecule has 144 valence electrons. The number of carbonyl (C=O) groups is 1. The van der Waals surface area contributed by atoms with Crippen LogP contribution in [0.25, 0.3) is 0 Å². The summed E-state index contributed by atoms with van der Waals surface area (Å²) in [4.78, 5) is 12.5. The number of hydrogen-bond donors (Lipinski definition) is 1. The van der Waals surface area contributed by atoms with Gasteiger partial charge in [-0.1, -0.05) is 31.2 Å². The van der Waals surface area contributed by atoms with Crippen LogP contribution in [0.5, 0.6) is 0 Å². The fourth-order valence-electron chi connectivity index (χ4n) is 3.21. The summed E-state index contributed by atoms with van der Waals surface area (Å²) in [5, 5.41) is 2.89. The highest BCUT2D eigenvalue weighted by Crippen LogP contribution is 2.21. The maximum Gasteiger partial charge on any atom is 0.243 e. The summed E-state index contributed by atoms with van der Waals surface area (Å²) < 4.78 is 26.6. The number of anilines is 1. The Morgan fingerprint density at radius 1 is 0.963 bits per heavy atom. The lowest BCUT2D eigenvalue weighted by atomic mass is 10.1. The molecular formula is C21H26N2O3S. The number of amides is 1. The number of nitrogens with zero attached hydrogens (tertiary/aromatic N) is 1. The highest BCUT2D eigenvalue weighted by atomic mass is 32.2. The molecule has 5 nitrogen and oxygen atoms in total. The van der Waals surface area contributed by atoms with Crippen LogP contribution in [0.4, 0.5) is 5.69 Å². The minimum atomic E-state index is -3.38. The zero-order valence-corrected chi connectivity index (χ0v) is 16.5. The minimum absolute atomic E-state index is 0.0481. The Hall–Kier alpha value is -2.18. The molecule has 1 amide bonds. The van der Waals surface area contributed by atoms with Crippen LogP contribution in [0.1, 0.15) is 37.3 Å². The molecule has 2 aromatic rings. The van der Waals surface area contributed by atoms with Crippen molar-refractivity contribution in [1.29, 1.82) is 0 Å². The summed E-state index contributed by atoms with van der Waals surface area (Å²) in [5.74, 6) is -0.0481. The molecule has 0 spiro atoms. The van der Waals surface area contributed by atoms with Gasteiger partial charge in [-0.25, -0.2) is 8.42 Å². The van der Waals surface area contributed by atoms with Crippen LogP contribution in [0.15, 0.2) is 53.4 Å². The first kappa shape index (κ1) is 19.6. The van der Waals surface area contributed by atoms with Crippen LogP contribution in [0.2, 0.25) is 0 Å². The summed E-state index contributed by atoms with van der Waals surface area (Å²) in [6.07, 6.45) is 3.75. The Kier molecular flexibility index (Phi) is 6.29. The third kappa shape index (κ3) is 4.96. The van der Waals surface area contributed by atoms with Crippen molar-refractivity contribution in [2.45, 2.75) is 43.9 Å².